The van der Waals surface area contributed by atoms with Crippen molar-refractivity contribution in [3.63, 3.8) is 0 Å². The number of amides is 1. The van der Waals surface area contributed by atoms with E-state index in [0.29, 0.717) is 57.4 Å². The van der Waals surface area contributed by atoms with E-state index in [4.69, 9.17) is 26.4 Å². The molecule has 2 aromatic rings. The van der Waals surface area contributed by atoms with Gasteiger partial charge in [0.2, 0.25) is 5.91 Å². The highest BCUT2D eigenvalue weighted by Crippen LogP contribution is 2.30. The Morgan fingerprint density at radius 3 is 2.58 bits per heavy atom. The molecule has 2 heterocycles. The lowest BCUT2D eigenvalue weighted by atomic mass is 10.1. The van der Waals surface area contributed by atoms with Crippen LogP contribution in [-0.4, -0.2) is 61.9 Å². The fraction of sp³-hybridized carbons (Fsp3) is 0.517. The number of ether oxygens (including phenoxy) is 3. The van der Waals surface area contributed by atoms with Crippen LogP contribution in [0.2, 0.25) is 0 Å². The summed E-state index contributed by atoms with van der Waals surface area (Å²) in [6, 6.07) is 14.2. The van der Waals surface area contributed by atoms with E-state index in [9.17, 15) is 4.79 Å². The number of piperidine rings is 1. The number of carbonyl (C=O) groups is 1. The van der Waals surface area contributed by atoms with Gasteiger partial charge < -0.3 is 30.2 Å². The van der Waals surface area contributed by atoms with E-state index < -0.39 is 0 Å². The van der Waals surface area contributed by atoms with Crippen LogP contribution in [0.5, 0.6) is 17.2 Å². The zero-order chi connectivity index (χ0) is 26.4. The minimum atomic E-state index is 0.0467. The van der Waals surface area contributed by atoms with Gasteiger partial charge in [-0.3, -0.25) is 9.69 Å². The molecule has 0 radical (unpaired) electrons. The van der Waals surface area contributed by atoms with Crippen LogP contribution in [0.1, 0.15) is 49.7 Å². The third-order valence-corrected chi connectivity index (χ3v) is 6.88. The van der Waals surface area contributed by atoms with E-state index in [0.717, 1.165) is 35.8 Å². The predicted octanol–water partition coefficient (Wildman–Crippen LogP) is 3.77. The highest BCUT2D eigenvalue weighted by Gasteiger charge is 2.12. The first-order valence-corrected chi connectivity index (χ1v) is 14.2. The van der Waals surface area contributed by atoms with Gasteiger partial charge in [0.25, 0.3) is 0 Å². The van der Waals surface area contributed by atoms with Crippen molar-refractivity contribution in [3.8, 4) is 17.2 Å². The van der Waals surface area contributed by atoms with Crippen molar-refractivity contribution in [2.45, 2.75) is 51.6 Å². The maximum absolute atomic E-state index is 12.1. The fourth-order valence-electron chi connectivity index (χ4n) is 4.58. The monoisotopic (exact) mass is 540 g/mol. The van der Waals surface area contributed by atoms with Gasteiger partial charge in [-0.05, 0) is 86.4 Å². The summed E-state index contributed by atoms with van der Waals surface area (Å²) in [6.45, 7) is 6.93. The molecule has 0 aliphatic carbocycles. The van der Waals surface area contributed by atoms with Crippen LogP contribution in [0.4, 0.5) is 0 Å². The summed E-state index contributed by atoms with van der Waals surface area (Å²) in [5.41, 5.74) is 2.36. The van der Waals surface area contributed by atoms with E-state index in [1.54, 1.807) is 0 Å². The SMILES string of the molecule is O=C(CCCNC(=S)NCc1ccc2c(c1)OCCO2)NCCCOc1cccc(CN2CCCCC2)c1. The summed E-state index contributed by atoms with van der Waals surface area (Å²) in [7, 11) is 0. The number of hydrogen-bond donors (Lipinski definition) is 3. The largest absolute Gasteiger partial charge is 0.494 e. The second-order valence-corrected chi connectivity index (χ2v) is 10.1. The normalized spacial score (nSPS) is 14.9. The smallest absolute Gasteiger partial charge is 0.220 e. The first-order valence-electron chi connectivity index (χ1n) is 13.8. The number of rotatable bonds is 13. The molecule has 1 amide bonds. The summed E-state index contributed by atoms with van der Waals surface area (Å²) in [5, 5.41) is 9.88. The molecule has 8 nitrogen and oxygen atoms in total. The summed E-state index contributed by atoms with van der Waals surface area (Å²) < 4.78 is 17.1. The van der Waals surface area contributed by atoms with Gasteiger partial charge in [-0.15, -0.1) is 0 Å². The highest BCUT2D eigenvalue weighted by atomic mass is 32.1. The molecule has 4 rings (SSSR count). The zero-order valence-electron chi connectivity index (χ0n) is 22.1. The lowest BCUT2D eigenvalue weighted by molar-refractivity contribution is -0.121. The Bertz CT molecular complexity index is 1040. The predicted molar refractivity (Wildman–Crippen MR) is 153 cm³/mol. The minimum Gasteiger partial charge on any atom is -0.494 e. The van der Waals surface area contributed by atoms with Gasteiger partial charge >= 0.3 is 0 Å². The molecule has 9 heteroatoms. The van der Waals surface area contributed by atoms with Gasteiger partial charge in [0, 0.05) is 32.6 Å². The number of nitrogens with one attached hydrogen (secondary N) is 3. The van der Waals surface area contributed by atoms with E-state index in [1.165, 1.54) is 37.9 Å². The molecule has 0 bridgehead atoms. The number of carbonyl (C=O) groups excluding carboxylic acids is 1. The Kier molecular flexibility index (Phi) is 11.3. The summed E-state index contributed by atoms with van der Waals surface area (Å²) in [4.78, 5) is 14.6. The van der Waals surface area contributed by atoms with Crippen molar-refractivity contribution in [2.24, 2.45) is 0 Å². The zero-order valence-corrected chi connectivity index (χ0v) is 23.0. The van der Waals surface area contributed by atoms with E-state index in [2.05, 4.69) is 39.0 Å². The Morgan fingerprint density at radius 2 is 1.71 bits per heavy atom. The van der Waals surface area contributed by atoms with Crippen LogP contribution in [-0.2, 0) is 17.9 Å². The number of likely N-dealkylation sites (tertiary alicyclic amines) is 1. The minimum absolute atomic E-state index is 0.0467. The molecular formula is C29H40N4O4S. The van der Waals surface area contributed by atoms with Crippen LogP contribution in [0.25, 0.3) is 0 Å². The summed E-state index contributed by atoms with van der Waals surface area (Å²) in [5.74, 6) is 2.49. The molecule has 0 unspecified atom stereocenters. The second-order valence-electron chi connectivity index (χ2n) is 9.73. The number of benzene rings is 2. The highest BCUT2D eigenvalue weighted by molar-refractivity contribution is 7.80. The van der Waals surface area contributed by atoms with E-state index in [1.807, 2.05) is 24.3 Å². The molecule has 206 valence electrons. The maximum atomic E-state index is 12.1. The van der Waals surface area contributed by atoms with Crippen molar-refractivity contribution >= 4 is 23.2 Å². The first-order chi connectivity index (χ1) is 18.7. The van der Waals surface area contributed by atoms with Gasteiger partial charge in [0.05, 0.1) is 6.61 Å². The van der Waals surface area contributed by atoms with Gasteiger partial charge in [0.15, 0.2) is 16.6 Å². The van der Waals surface area contributed by atoms with Crippen molar-refractivity contribution in [1.29, 1.82) is 0 Å². The molecular weight excluding hydrogens is 500 g/mol. The Hall–Kier alpha value is -3.04. The van der Waals surface area contributed by atoms with Crippen molar-refractivity contribution in [2.75, 3.05) is 46.0 Å². The average Bonchev–Trinajstić information content (AvgIpc) is 2.95. The van der Waals surface area contributed by atoms with Crippen LogP contribution in [0.15, 0.2) is 42.5 Å². The molecule has 38 heavy (non-hydrogen) atoms. The van der Waals surface area contributed by atoms with Crippen molar-refractivity contribution in [1.82, 2.24) is 20.9 Å². The molecule has 0 atom stereocenters. The number of fused-ring (bicyclic) bond motifs is 1. The molecule has 1 saturated heterocycles. The van der Waals surface area contributed by atoms with Crippen LogP contribution in [0, 0.1) is 0 Å². The molecule has 0 aromatic heterocycles. The Morgan fingerprint density at radius 1 is 0.895 bits per heavy atom. The van der Waals surface area contributed by atoms with Gasteiger partial charge in [-0.25, -0.2) is 0 Å². The second kappa shape index (κ2) is 15.4. The van der Waals surface area contributed by atoms with E-state index in [-0.39, 0.29) is 5.91 Å². The van der Waals surface area contributed by atoms with Crippen molar-refractivity contribution in [3.05, 3.63) is 53.6 Å². The molecule has 3 N–H and O–H groups in total. The molecule has 0 saturated carbocycles. The molecule has 2 aliphatic heterocycles. The summed E-state index contributed by atoms with van der Waals surface area (Å²) in [6.07, 6.45) is 5.88. The Balaban J connectivity index is 1.01. The fourth-order valence-corrected chi connectivity index (χ4v) is 4.76. The lowest BCUT2D eigenvalue weighted by Gasteiger charge is -2.26. The first kappa shape index (κ1) is 28.0. The molecule has 2 aromatic carbocycles. The number of thiocarbonyl (C=S) groups is 1. The van der Waals surface area contributed by atoms with E-state index >= 15 is 0 Å². The maximum Gasteiger partial charge on any atom is 0.220 e. The quantitative estimate of drug-likeness (QED) is 0.262. The summed E-state index contributed by atoms with van der Waals surface area (Å²) >= 11 is 5.35. The lowest BCUT2D eigenvalue weighted by Crippen LogP contribution is -2.35. The third-order valence-electron chi connectivity index (χ3n) is 6.59. The topological polar surface area (TPSA) is 84.1 Å². The number of hydrogen-bond acceptors (Lipinski definition) is 6. The standard InChI is InChI=1S/C29H40N4O4S/c34-28(9-5-12-31-29(38)32-21-23-10-11-26-27(20-23)37-18-17-36-26)30-13-6-16-35-25-8-4-7-24(19-25)22-33-14-2-1-3-15-33/h4,7-8,10-11,19-20H,1-3,5-6,9,12-18,21-22H2,(H,30,34)(H2,31,32,38). The van der Waals surface area contributed by atoms with Crippen LogP contribution >= 0.6 is 12.2 Å². The molecule has 2 aliphatic rings. The van der Waals surface area contributed by atoms with Crippen molar-refractivity contribution < 1.29 is 19.0 Å². The van der Waals surface area contributed by atoms with Gasteiger partial charge in [-0.2, -0.15) is 0 Å². The Labute approximate surface area is 231 Å². The third kappa shape index (κ3) is 9.68. The number of nitrogens with zero attached hydrogens (tertiary/aromatic N) is 1. The van der Waals surface area contributed by atoms with Crippen LogP contribution < -0.4 is 30.2 Å². The molecule has 0 spiro atoms. The van der Waals surface area contributed by atoms with Crippen LogP contribution in [0.3, 0.4) is 0 Å². The van der Waals surface area contributed by atoms with Gasteiger partial charge in [-0.1, -0.05) is 24.6 Å². The van der Waals surface area contributed by atoms with Gasteiger partial charge in [0.1, 0.15) is 19.0 Å². The average molecular weight is 541 g/mol. The molecule has 1 fully saturated rings.